The fraction of sp³-hybridized carbons (Fsp3) is 0.0286. The predicted octanol–water partition coefficient (Wildman–Crippen LogP) is 18.7. The van der Waals surface area contributed by atoms with E-state index in [1.54, 1.807) is 0 Å². The lowest BCUT2D eigenvalue weighted by Crippen LogP contribution is -2.16. The number of hydrogen-bond donors (Lipinski definition) is 0. The van der Waals surface area contributed by atoms with Crippen LogP contribution in [0.15, 0.2) is 255 Å². The van der Waals surface area contributed by atoms with Gasteiger partial charge in [-0.2, -0.15) is 8.75 Å². The Balaban J connectivity index is 1.01. The summed E-state index contributed by atoms with van der Waals surface area (Å²) in [4.78, 5) is 16.5. The molecule has 0 N–H and O–H groups in total. The van der Waals surface area contributed by atoms with E-state index in [2.05, 4.69) is 288 Å². The number of benzene rings is 11. The third-order valence-corrected chi connectivity index (χ3v) is 15.8. The molecule has 0 fully saturated rings. The molecule has 4 heterocycles. The fourth-order valence-electron chi connectivity index (χ4n) is 11.6. The van der Waals surface area contributed by atoms with Gasteiger partial charge < -0.3 is 18.9 Å². The van der Waals surface area contributed by atoms with Gasteiger partial charge in [-0.1, -0.05) is 169 Å². The molecular weight excluding hydrogens is 985 g/mol. The lowest BCUT2D eigenvalue weighted by Gasteiger charge is -2.30. The Kier molecular flexibility index (Phi) is 11.0. The number of hydrogen-bond acceptors (Lipinski definition) is 7. The van der Waals surface area contributed by atoms with Gasteiger partial charge in [-0.25, -0.2) is 9.97 Å². The minimum absolute atomic E-state index is 0.680. The number of aromatic nitrogens is 6. The highest BCUT2D eigenvalue weighted by atomic mass is 32.1. The number of aryl methyl sites for hydroxylation is 2. The summed E-state index contributed by atoms with van der Waals surface area (Å²) in [5.41, 5.74) is 20.6. The minimum Gasteiger partial charge on any atom is -0.309 e. The van der Waals surface area contributed by atoms with E-state index in [4.69, 9.17) is 18.7 Å². The molecule has 0 aliphatic heterocycles. The summed E-state index contributed by atoms with van der Waals surface area (Å²) in [6.07, 6.45) is 0. The zero-order valence-electron chi connectivity index (χ0n) is 43.2. The van der Waals surface area contributed by atoms with E-state index >= 15 is 0 Å². The van der Waals surface area contributed by atoms with Crippen LogP contribution < -0.4 is 9.80 Å². The number of rotatable bonds is 10. The molecule has 374 valence electrons. The highest BCUT2D eigenvalue weighted by Crippen LogP contribution is 2.51. The second-order valence-electron chi connectivity index (χ2n) is 20.1. The topological polar surface area (TPSA) is 67.9 Å². The van der Waals surface area contributed by atoms with Crippen molar-refractivity contribution in [3.63, 3.8) is 0 Å². The summed E-state index contributed by atoms with van der Waals surface area (Å²) in [5, 5.41) is 4.87. The van der Waals surface area contributed by atoms with Crippen molar-refractivity contribution in [3.8, 4) is 33.9 Å². The number of nitrogens with zero attached hydrogens (tertiary/aromatic N) is 8. The standard InChI is InChI=1S/C70H48N8S/c1-45-29-33-47(34-30-45)63-64(48-35-31-46(2)32-36-48)72-66-65(71-63)69(75(49-17-5-3-6-18-49)51-37-41-53(42-38-51)77-59-25-13-9-21-55(59)56-22-10-14-26-60(56)77)67-68(74-79-73-67)70(66)76(50-19-7-4-8-20-50)52-39-43-54(44-40-52)78-61-27-15-11-23-57(61)58-24-12-16-28-62(58)78/h3-44H,1-2H3. The van der Waals surface area contributed by atoms with E-state index in [1.807, 2.05) is 0 Å². The predicted molar refractivity (Wildman–Crippen MR) is 329 cm³/mol. The summed E-state index contributed by atoms with van der Waals surface area (Å²) < 4.78 is 15.3. The van der Waals surface area contributed by atoms with E-state index in [0.717, 1.165) is 101 Å². The van der Waals surface area contributed by atoms with Crippen molar-refractivity contribution in [3.05, 3.63) is 266 Å². The van der Waals surface area contributed by atoms with Crippen LogP contribution in [0.3, 0.4) is 0 Å². The molecule has 0 radical (unpaired) electrons. The van der Waals surface area contributed by atoms with Crippen LogP contribution in [-0.4, -0.2) is 27.8 Å². The lowest BCUT2D eigenvalue weighted by molar-refractivity contribution is 1.17. The first-order chi connectivity index (χ1) is 39.0. The van der Waals surface area contributed by atoms with Crippen molar-refractivity contribution >= 4 is 112 Å². The fourth-order valence-corrected chi connectivity index (χ4v) is 12.2. The Morgan fingerprint density at radius 2 is 0.608 bits per heavy atom. The molecule has 0 bridgehead atoms. The van der Waals surface area contributed by atoms with Crippen LogP contribution in [0.4, 0.5) is 34.1 Å². The first kappa shape index (κ1) is 46.1. The number of anilines is 6. The maximum absolute atomic E-state index is 5.94. The largest absolute Gasteiger partial charge is 0.309 e. The van der Waals surface area contributed by atoms with E-state index in [1.165, 1.54) is 33.3 Å². The molecular formula is C70H48N8S. The SMILES string of the molecule is Cc1ccc(-c2nc3c(N(c4ccccc4)c4ccc(-n5c6ccccc6c6ccccc65)cc4)c4nsnc4c(N(c4ccccc4)c4ccc(-n5c6ccccc6c6ccccc65)cc4)c3nc2-c2ccc(C)cc2)cc1. The molecule has 15 aromatic rings. The second kappa shape index (κ2) is 18.8. The number of fused-ring (bicyclic) bond motifs is 8. The molecule has 0 amide bonds. The zero-order chi connectivity index (χ0) is 52.6. The maximum atomic E-state index is 5.94. The van der Waals surface area contributed by atoms with E-state index in [9.17, 15) is 0 Å². The maximum Gasteiger partial charge on any atom is 0.133 e. The highest BCUT2D eigenvalue weighted by molar-refractivity contribution is 7.00. The van der Waals surface area contributed by atoms with Gasteiger partial charge in [-0.15, -0.1) is 0 Å². The minimum atomic E-state index is 0.680. The highest BCUT2D eigenvalue weighted by Gasteiger charge is 2.31. The first-order valence-corrected chi connectivity index (χ1v) is 27.3. The van der Waals surface area contributed by atoms with E-state index in [-0.39, 0.29) is 0 Å². The van der Waals surface area contributed by atoms with Crippen molar-refractivity contribution in [1.82, 2.24) is 27.8 Å². The van der Waals surface area contributed by atoms with Crippen molar-refractivity contribution in [2.24, 2.45) is 0 Å². The molecule has 0 saturated carbocycles. The summed E-state index contributed by atoms with van der Waals surface area (Å²) in [7, 11) is 0. The van der Waals surface area contributed by atoms with Crippen LogP contribution in [-0.2, 0) is 0 Å². The Bertz CT molecular complexity index is 4370. The molecule has 9 heteroatoms. The quantitative estimate of drug-likeness (QED) is 0.127. The smallest absolute Gasteiger partial charge is 0.133 e. The van der Waals surface area contributed by atoms with Gasteiger partial charge in [-0.3, -0.25) is 0 Å². The van der Waals surface area contributed by atoms with Gasteiger partial charge in [-0.05, 0) is 111 Å². The second-order valence-corrected chi connectivity index (χ2v) is 20.7. The molecule has 0 atom stereocenters. The Hall–Kier alpha value is -10.2. The molecule has 0 spiro atoms. The van der Waals surface area contributed by atoms with Gasteiger partial charge in [0.25, 0.3) is 0 Å². The van der Waals surface area contributed by atoms with Crippen LogP contribution in [0.1, 0.15) is 11.1 Å². The summed E-state index contributed by atoms with van der Waals surface area (Å²) in [6.45, 7) is 4.23. The Morgan fingerprint density at radius 1 is 0.304 bits per heavy atom. The van der Waals surface area contributed by atoms with Gasteiger partial charge in [0.1, 0.15) is 33.4 Å². The summed E-state index contributed by atoms with van der Waals surface area (Å²) >= 11 is 1.20. The van der Waals surface area contributed by atoms with Crippen molar-refractivity contribution in [1.29, 1.82) is 0 Å². The van der Waals surface area contributed by atoms with E-state index < -0.39 is 0 Å². The van der Waals surface area contributed by atoms with Crippen molar-refractivity contribution in [2.75, 3.05) is 9.80 Å². The molecule has 11 aromatic carbocycles. The molecule has 15 rings (SSSR count). The lowest BCUT2D eigenvalue weighted by atomic mass is 10.0. The molecule has 79 heavy (non-hydrogen) atoms. The third-order valence-electron chi connectivity index (χ3n) is 15.3. The molecule has 8 nitrogen and oxygen atoms in total. The molecule has 0 aliphatic rings. The van der Waals surface area contributed by atoms with Gasteiger partial charge in [0.2, 0.25) is 0 Å². The van der Waals surface area contributed by atoms with Crippen molar-refractivity contribution in [2.45, 2.75) is 13.8 Å². The zero-order valence-corrected chi connectivity index (χ0v) is 44.1. The van der Waals surface area contributed by atoms with Crippen LogP contribution >= 0.6 is 11.7 Å². The van der Waals surface area contributed by atoms with Gasteiger partial charge in [0.15, 0.2) is 0 Å². The van der Waals surface area contributed by atoms with Gasteiger partial charge in [0, 0.05) is 66.8 Å². The molecule has 0 saturated heterocycles. The molecule has 0 aliphatic carbocycles. The van der Waals surface area contributed by atoms with Gasteiger partial charge in [0.05, 0.1) is 45.2 Å². The third kappa shape index (κ3) is 7.65. The van der Waals surface area contributed by atoms with Gasteiger partial charge >= 0.3 is 0 Å². The normalized spacial score (nSPS) is 11.7. The number of para-hydroxylation sites is 6. The Morgan fingerprint density at radius 3 is 0.949 bits per heavy atom. The Labute approximate surface area is 460 Å². The van der Waals surface area contributed by atoms with Crippen molar-refractivity contribution < 1.29 is 0 Å². The van der Waals surface area contributed by atoms with E-state index in [0.29, 0.717) is 22.1 Å². The average molecular weight is 1030 g/mol. The first-order valence-electron chi connectivity index (χ1n) is 26.6. The van der Waals surface area contributed by atoms with Crippen LogP contribution in [0.5, 0.6) is 0 Å². The summed E-state index contributed by atoms with van der Waals surface area (Å²) in [6, 6.07) is 90.5. The van der Waals surface area contributed by atoms with Crippen LogP contribution in [0.25, 0.3) is 99.6 Å². The van der Waals surface area contributed by atoms with Crippen LogP contribution in [0, 0.1) is 13.8 Å². The molecule has 4 aromatic heterocycles. The monoisotopic (exact) mass is 1030 g/mol. The summed E-state index contributed by atoms with van der Waals surface area (Å²) in [5.74, 6) is 0. The average Bonchev–Trinajstić information content (AvgIpc) is 4.45. The van der Waals surface area contributed by atoms with Crippen LogP contribution in [0.2, 0.25) is 0 Å². The molecule has 0 unspecified atom stereocenters.